The minimum atomic E-state index is -3.41. The zero-order valence-corrected chi connectivity index (χ0v) is 15.9. The average Bonchev–Trinajstić information content (AvgIpc) is 3.10. The molecule has 0 bridgehead atoms. The van der Waals surface area contributed by atoms with Crippen molar-refractivity contribution in [2.45, 2.75) is 13.5 Å². The van der Waals surface area contributed by atoms with Gasteiger partial charge in [0, 0.05) is 24.5 Å². The molecule has 140 valence electrons. The SMILES string of the molecule is CCS(=O)(=O)N(C)CC(=O)NCc1cccc(-c2nc(C(=O)O)cs2)c1. The van der Waals surface area contributed by atoms with E-state index < -0.39 is 21.9 Å². The molecule has 0 aliphatic rings. The molecule has 2 rings (SSSR count). The minimum absolute atomic E-state index is 0.0103. The number of nitrogens with one attached hydrogen (secondary N) is 1. The van der Waals surface area contributed by atoms with Gasteiger partial charge in [-0.2, -0.15) is 4.31 Å². The van der Waals surface area contributed by atoms with E-state index >= 15 is 0 Å². The fourth-order valence-corrected chi connectivity index (χ4v) is 3.64. The summed E-state index contributed by atoms with van der Waals surface area (Å²) in [7, 11) is -2.04. The van der Waals surface area contributed by atoms with Gasteiger partial charge in [-0.15, -0.1) is 11.3 Å². The number of carboxylic acids is 1. The molecule has 2 aromatic rings. The Balaban J connectivity index is 2.00. The molecular weight excluding hydrogens is 378 g/mol. The first kappa shape index (κ1) is 20.0. The molecule has 0 aliphatic carbocycles. The molecule has 0 radical (unpaired) electrons. The molecule has 1 amide bonds. The molecule has 1 heterocycles. The number of aromatic carboxylic acids is 1. The van der Waals surface area contributed by atoms with Gasteiger partial charge in [0.05, 0.1) is 12.3 Å². The molecule has 1 aromatic carbocycles. The van der Waals surface area contributed by atoms with Crippen LogP contribution in [-0.4, -0.2) is 54.0 Å². The highest BCUT2D eigenvalue weighted by molar-refractivity contribution is 7.89. The molecule has 0 spiro atoms. The highest BCUT2D eigenvalue weighted by atomic mass is 32.2. The average molecular weight is 397 g/mol. The predicted molar refractivity (Wildman–Crippen MR) is 98.4 cm³/mol. The zero-order chi connectivity index (χ0) is 19.3. The molecule has 1 aromatic heterocycles. The van der Waals surface area contributed by atoms with Gasteiger partial charge in [-0.05, 0) is 18.6 Å². The number of sulfonamides is 1. The lowest BCUT2D eigenvalue weighted by molar-refractivity contribution is -0.121. The van der Waals surface area contributed by atoms with Gasteiger partial charge in [-0.1, -0.05) is 18.2 Å². The number of benzene rings is 1. The van der Waals surface area contributed by atoms with E-state index in [1.165, 1.54) is 30.7 Å². The molecule has 0 atom stereocenters. The maximum Gasteiger partial charge on any atom is 0.355 e. The molecule has 10 heteroatoms. The molecule has 26 heavy (non-hydrogen) atoms. The van der Waals surface area contributed by atoms with Crippen molar-refractivity contribution in [1.82, 2.24) is 14.6 Å². The van der Waals surface area contributed by atoms with Crippen molar-refractivity contribution < 1.29 is 23.1 Å². The molecule has 0 aliphatic heterocycles. The Morgan fingerprint density at radius 2 is 2.08 bits per heavy atom. The van der Waals surface area contributed by atoms with Crippen molar-refractivity contribution in [2.24, 2.45) is 0 Å². The topological polar surface area (TPSA) is 117 Å². The van der Waals surface area contributed by atoms with Crippen molar-refractivity contribution in [3.8, 4) is 10.6 Å². The first-order valence-electron chi connectivity index (χ1n) is 7.71. The standard InChI is InChI=1S/C16H19N3O5S2/c1-3-26(23,24)19(2)9-14(20)17-8-11-5-4-6-12(7-11)15-18-13(10-25-15)16(21)22/h4-7,10H,3,8-9H2,1-2H3,(H,17,20)(H,21,22). The van der Waals surface area contributed by atoms with E-state index in [0.717, 1.165) is 15.4 Å². The third-order valence-electron chi connectivity index (χ3n) is 3.59. The third kappa shape index (κ3) is 5.10. The number of carbonyl (C=O) groups is 2. The fraction of sp³-hybridized carbons (Fsp3) is 0.312. The Kier molecular flexibility index (Phi) is 6.46. The van der Waals surface area contributed by atoms with Crippen LogP contribution in [0.4, 0.5) is 0 Å². The summed E-state index contributed by atoms with van der Waals surface area (Å²) < 4.78 is 24.3. The summed E-state index contributed by atoms with van der Waals surface area (Å²) in [6.45, 7) is 1.50. The second-order valence-corrected chi connectivity index (χ2v) is 8.70. The van der Waals surface area contributed by atoms with Crippen molar-refractivity contribution in [3.63, 3.8) is 0 Å². The first-order valence-corrected chi connectivity index (χ1v) is 10.2. The molecule has 0 unspecified atom stereocenters. The number of thiazole rings is 1. The quantitative estimate of drug-likeness (QED) is 0.696. The molecule has 0 saturated carbocycles. The molecule has 8 nitrogen and oxygen atoms in total. The van der Waals surface area contributed by atoms with E-state index in [4.69, 9.17) is 5.11 Å². The minimum Gasteiger partial charge on any atom is -0.476 e. The Bertz CT molecular complexity index is 908. The summed E-state index contributed by atoms with van der Waals surface area (Å²) in [6, 6.07) is 7.20. The van der Waals surface area contributed by atoms with E-state index in [1.807, 2.05) is 6.07 Å². The van der Waals surface area contributed by atoms with Gasteiger partial charge in [-0.3, -0.25) is 4.79 Å². The predicted octanol–water partition coefficient (Wildman–Crippen LogP) is 1.41. The molecule has 0 fully saturated rings. The zero-order valence-electron chi connectivity index (χ0n) is 14.3. The third-order valence-corrected chi connectivity index (χ3v) is 6.29. The number of amides is 1. The number of carbonyl (C=O) groups excluding carboxylic acids is 1. The summed E-state index contributed by atoms with van der Waals surface area (Å²) in [5, 5.41) is 13.7. The number of nitrogens with zero attached hydrogens (tertiary/aromatic N) is 2. The monoisotopic (exact) mass is 397 g/mol. The van der Waals surface area contributed by atoms with Crippen LogP contribution in [-0.2, 0) is 21.4 Å². The number of hydrogen-bond acceptors (Lipinski definition) is 6. The van der Waals surface area contributed by atoms with Crippen molar-refractivity contribution in [3.05, 3.63) is 40.9 Å². The largest absolute Gasteiger partial charge is 0.476 e. The van der Waals surface area contributed by atoms with E-state index in [-0.39, 0.29) is 24.5 Å². The Morgan fingerprint density at radius 1 is 1.35 bits per heavy atom. The number of hydrogen-bond donors (Lipinski definition) is 2. The lowest BCUT2D eigenvalue weighted by Crippen LogP contribution is -2.38. The van der Waals surface area contributed by atoms with Crippen LogP contribution in [0.2, 0.25) is 0 Å². The lowest BCUT2D eigenvalue weighted by Gasteiger charge is -2.15. The van der Waals surface area contributed by atoms with Gasteiger partial charge in [0.25, 0.3) is 0 Å². The van der Waals surface area contributed by atoms with Crippen LogP contribution < -0.4 is 5.32 Å². The summed E-state index contributed by atoms with van der Waals surface area (Å²) in [4.78, 5) is 26.9. The summed E-state index contributed by atoms with van der Waals surface area (Å²) in [5.41, 5.74) is 1.53. The summed E-state index contributed by atoms with van der Waals surface area (Å²) in [5.74, 6) is -1.55. The van der Waals surface area contributed by atoms with Crippen molar-refractivity contribution in [2.75, 3.05) is 19.3 Å². The van der Waals surface area contributed by atoms with Gasteiger partial charge < -0.3 is 10.4 Å². The number of likely N-dealkylation sites (N-methyl/N-ethyl adjacent to an activating group) is 1. The second-order valence-electron chi connectivity index (χ2n) is 5.48. The molecular formula is C16H19N3O5S2. The van der Waals surface area contributed by atoms with E-state index in [9.17, 15) is 18.0 Å². The van der Waals surface area contributed by atoms with Crippen molar-refractivity contribution in [1.29, 1.82) is 0 Å². The van der Waals surface area contributed by atoms with Crippen LogP contribution >= 0.6 is 11.3 Å². The Labute approximate surface area is 155 Å². The van der Waals surface area contributed by atoms with Crippen LogP contribution in [0.5, 0.6) is 0 Å². The molecule has 0 saturated heterocycles. The van der Waals surface area contributed by atoms with Gasteiger partial charge in [0.2, 0.25) is 15.9 Å². The highest BCUT2D eigenvalue weighted by Gasteiger charge is 2.18. The lowest BCUT2D eigenvalue weighted by atomic mass is 10.1. The van der Waals surface area contributed by atoms with Crippen LogP contribution in [0.3, 0.4) is 0 Å². The van der Waals surface area contributed by atoms with Crippen LogP contribution in [0.15, 0.2) is 29.6 Å². The molecule has 2 N–H and O–H groups in total. The van der Waals surface area contributed by atoms with Gasteiger partial charge >= 0.3 is 5.97 Å². The second kappa shape index (κ2) is 8.39. The summed E-state index contributed by atoms with van der Waals surface area (Å²) in [6.07, 6.45) is 0. The van der Waals surface area contributed by atoms with Crippen molar-refractivity contribution >= 4 is 33.2 Å². The maximum atomic E-state index is 11.9. The summed E-state index contributed by atoms with van der Waals surface area (Å²) >= 11 is 1.23. The van der Waals surface area contributed by atoms with E-state index in [0.29, 0.717) is 5.01 Å². The Morgan fingerprint density at radius 3 is 2.69 bits per heavy atom. The smallest absolute Gasteiger partial charge is 0.355 e. The van der Waals surface area contributed by atoms with E-state index in [2.05, 4.69) is 10.3 Å². The number of carboxylic acid groups (broad SMARTS) is 1. The Hall–Kier alpha value is -2.30. The van der Waals surface area contributed by atoms with Gasteiger partial charge in [-0.25, -0.2) is 18.2 Å². The van der Waals surface area contributed by atoms with Crippen LogP contribution in [0, 0.1) is 0 Å². The number of rotatable bonds is 8. The first-order chi connectivity index (χ1) is 12.2. The van der Waals surface area contributed by atoms with Gasteiger partial charge in [0.1, 0.15) is 5.01 Å². The van der Waals surface area contributed by atoms with Crippen LogP contribution in [0.1, 0.15) is 23.0 Å². The van der Waals surface area contributed by atoms with Gasteiger partial charge in [0.15, 0.2) is 5.69 Å². The van der Waals surface area contributed by atoms with Crippen LogP contribution in [0.25, 0.3) is 10.6 Å². The fourth-order valence-electron chi connectivity index (χ4n) is 2.10. The highest BCUT2D eigenvalue weighted by Crippen LogP contribution is 2.24. The maximum absolute atomic E-state index is 11.9. The normalized spacial score (nSPS) is 11.5. The van der Waals surface area contributed by atoms with E-state index in [1.54, 1.807) is 18.2 Å². The number of aromatic nitrogens is 1.